The second-order valence-corrected chi connectivity index (χ2v) is 16.5. The van der Waals surface area contributed by atoms with E-state index in [4.69, 9.17) is 15.0 Å². The Morgan fingerprint density at radius 2 is 0.797 bits per heavy atom. The van der Waals surface area contributed by atoms with Gasteiger partial charge in [0.15, 0.2) is 17.5 Å². The Labute approximate surface area is 371 Å². The summed E-state index contributed by atoms with van der Waals surface area (Å²) in [7, 11) is 0. The van der Waals surface area contributed by atoms with Gasteiger partial charge in [-0.3, -0.25) is 0 Å². The summed E-state index contributed by atoms with van der Waals surface area (Å²) in [6.07, 6.45) is 0. The van der Waals surface area contributed by atoms with Gasteiger partial charge in [-0.05, 0) is 78.1 Å². The minimum atomic E-state index is 0.633. The quantitative estimate of drug-likeness (QED) is 0.161. The molecule has 0 N–H and O–H groups in total. The van der Waals surface area contributed by atoms with Crippen molar-refractivity contribution >= 4 is 43.6 Å². The molecule has 64 heavy (non-hydrogen) atoms. The molecule has 0 unspecified atom stereocenters. The van der Waals surface area contributed by atoms with E-state index in [1.807, 2.05) is 60.7 Å². The molecular formula is C59H41N5. The Balaban J connectivity index is 1.08. The van der Waals surface area contributed by atoms with Gasteiger partial charge in [0.25, 0.3) is 0 Å². The molecule has 3 heterocycles. The predicted molar refractivity (Wildman–Crippen MR) is 265 cm³/mol. The zero-order chi connectivity index (χ0) is 42.7. The molecule has 0 aliphatic rings. The van der Waals surface area contributed by atoms with E-state index < -0.39 is 0 Å². The van der Waals surface area contributed by atoms with Crippen molar-refractivity contribution < 1.29 is 0 Å². The van der Waals surface area contributed by atoms with Crippen LogP contribution in [-0.4, -0.2) is 24.1 Å². The number of aromatic nitrogens is 5. The fraction of sp³-hybridized carbons (Fsp3) is 0.0339. The van der Waals surface area contributed by atoms with Crippen LogP contribution in [0.3, 0.4) is 0 Å². The summed E-state index contributed by atoms with van der Waals surface area (Å²) in [6.45, 7) is 4.44. The van der Waals surface area contributed by atoms with E-state index in [0.29, 0.717) is 17.5 Å². The Morgan fingerprint density at radius 3 is 1.42 bits per heavy atom. The largest absolute Gasteiger partial charge is 0.309 e. The third-order valence-corrected chi connectivity index (χ3v) is 12.6. The summed E-state index contributed by atoms with van der Waals surface area (Å²) in [5.41, 5.74) is 17.0. The van der Waals surface area contributed by atoms with E-state index in [-0.39, 0.29) is 0 Å². The van der Waals surface area contributed by atoms with E-state index in [1.54, 1.807) is 0 Å². The fourth-order valence-corrected chi connectivity index (χ4v) is 9.69. The standard InChI is InChI=1S/C59H41N5/c1-38-17-16-18-39(2)55(38)64-52-28-15-13-26-49(52)54-46(44-33-36-53-50(37-44)48-25-12-14-27-51(48)63(53)45-23-10-5-11-24-45)34-35-47(56(54)64)40-29-31-43(32-30-40)59-61-57(41-19-6-3-7-20-41)60-58(62-59)42-21-8-4-9-22-42/h3-37H,1-2H3. The average Bonchev–Trinajstić information content (AvgIpc) is 3.87. The molecule has 9 aromatic carbocycles. The Morgan fingerprint density at radius 1 is 0.328 bits per heavy atom. The summed E-state index contributed by atoms with van der Waals surface area (Å²) >= 11 is 0. The lowest BCUT2D eigenvalue weighted by atomic mass is 9.93. The molecule has 5 nitrogen and oxygen atoms in total. The number of rotatable bonds is 7. The van der Waals surface area contributed by atoms with Crippen LogP contribution in [-0.2, 0) is 0 Å². The SMILES string of the molecule is Cc1cccc(C)c1-n1c2ccccc2c2c(-c3ccc4c(c3)c3ccccc3n4-c3ccccc3)ccc(-c3ccc(-c4nc(-c5ccccc5)nc(-c5ccccc5)n4)cc3)c21. The van der Waals surface area contributed by atoms with Gasteiger partial charge < -0.3 is 9.13 Å². The van der Waals surface area contributed by atoms with Gasteiger partial charge >= 0.3 is 0 Å². The number of aryl methyl sites for hydroxylation is 2. The molecule has 0 fully saturated rings. The van der Waals surface area contributed by atoms with Crippen LogP contribution >= 0.6 is 0 Å². The molecule has 0 saturated carbocycles. The fourth-order valence-electron chi connectivity index (χ4n) is 9.69. The van der Waals surface area contributed by atoms with Crippen LogP contribution in [0.1, 0.15) is 11.1 Å². The summed E-state index contributed by atoms with van der Waals surface area (Å²) in [6, 6.07) is 75.5. The molecule has 302 valence electrons. The van der Waals surface area contributed by atoms with Gasteiger partial charge in [0.2, 0.25) is 0 Å². The molecular weight excluding hydrogens is 779 g/mol. The van der Waals surface area contributed by atoms with Crippen LogP contribution in [0.4, 0.5) is 0 Å². The van der Waals surface area contributed by atoms with Crippen LogP contribution in [0, 0.1) is 13.8 Å². The van der Waals surface area contributed by atoms with E-state index in [2.05, 4.69) is 175 Å². The molecule has 0 radical (unpaired) electrons. The Hall–Kier alpha value is -8.41. The first-order chi connectivity index (χ1) is 31.6. The van der Waals surface area contributed by atoms with Crippen molar-refractivity contribution in [3.05, 3.63) is 223 Å². The van der Waals surface area contributed by atoms with E-state index in [1.165, 1.54) is 71.6 Å². The van der Waals surface area contributed by atoms with Crippen molar-refractivity contribution in [3.8, 4) is 67.8 Å². The maximum Gasteiger partial charge on any atom is 0.164 e. The summed E-state index contributed by atoms with van der Waals surface area (Å²) in [5.74, 6) is 1.92. The highest BCUT2D eigenvalue weighted by atomic mass is 15.0. The molecule has 5 heteroatoms. The maximum atomic E-state index is 5.03. The Kier molecular flexibility index (Phi) is 8.87. The number of fused-ring (bicyclic) bond motifs is 6. The van der Waals surface area contributed by atoms with Gasteiger partial charge in [0, 0.05) is 49.5 Å². The highest BCUT2D eigenvalue weighted by molar-refractivity contribution is 6.20. The number of hydrogen-bond donors (Lipinski definition) is 0. The minimum Gasteiger partial charge on any atom is -0.309 e. The second-order valence-electron chi connectivity index (χ2n) is 16.5. The highest BCUT2D eigenvalue weighted by Gasteiger charge is 2.23. The van der Waals surface area contributed by atoms with Crippen molar-refractivity contribution in [2.24, 2.45) is 0 Å². The first kappa shape index (κ1) is 37.4. The van der Waals surface area contributed by atoms with Gasteiger partial charge in [-0.2, -0.15) is 0 Å². The lowest BCUT2D eigenvalue weighted by Crippen LogP contribution is -2.01. The van der Waals surface area contributed by atoms with Crippen molar-refractivity contribution in [2.75, 3.05) is 0 Å². The average molecular weight is 820 g/mol. The van der Waals surface area contributed by atoms with Gasteiger partial charge in [-0.25, -0.2) is 15.0 Å². The monoisotopic (exact) mass is 819 g/mol. The van der Waals surface area contributed by atoms with Crippen molar-refractivity contribution in [1.82, 2.24) is 24.1 Å². The van der Waals surface area contributed by atoms with Crippen LogP contribution in [0.2, 0.25) is 0 Å². The van der Waals surface area contributed by atoms with Crippen molar-refractivity contribution in [2.45, 2.75) is 13.8 Å². The van der Waals surface area contributed by atoms with Gasteiger partial charge in [0.1, 0.15) is 0 Å². The van der Waals surface area contributed by atoms with Crippen LogP contribution in [0.15, 0.2) is 212 Å². The topological polar surface area (TPSA) is 48.5 Å². The molecule has 0 bridgehead atoms. The first-order valence-electron chi connectivity index (χ1n) is 21.8. The van der Waals surface area contributed by atoms with Gasteiger partial charge in [-0.1, -0.05) is 176 Å². The molecule has 0 atom stereocenters. The van der Waals surface area contributed by atoms with E-state index >= 15 is 0 Å². The first-order valence-corrected chi connectivity index (χ1v) is 21.8. The molecule has 12 aromatic rings. The maximum absolute atomic E-state index is 5.03. The lowest BCUT2D eigenvalue weighted by molar-refractivity contribution is 1.07. The summed E-state index contributed by atoms with van der Waals surface area (Å²) in [5, 5.41) is 4.91. The van der Waals surface area contributed by atoms with E-state index in [0.717, 1.165) is 33.5 Å². The minimum absolute atomic E-state index is 0.633. The van der Waals surface area contributed by atoms with Crippen molar-refractivity contribution in [1.29, 1.82) is 0 Å². The lowest BCUT2D eigenvalue weighted by Gasteiger charge is -2.17. The molecule has 0 aliphatic carbocycles. The molecule has 0 saturated heterocycles. The zero-order valence-electron chi connectivity index (χ0n) is 35.4. The number of hydrogen-bond acceptors (Lipinski definition) is 3. The normalized spacial score (nSPS) is 11.6. The number of nitrogens with zero attached hydrogens (tertiary/aromatic N) is 5. The van der Waals surface area contributed by atoms with Crippen LogP contribution in [0.5, 0.6) is 0 Å². The third-order valence-electron chi connectivity index (χ3n) is 12.6. The third kappa shape index (κ3) is 6.12. The van der Waals surface area contributed by atoms with E-state index in [9.17, 15) is 0 Å². The number of para-hydroxylation sites is 4. The predicted octanol–water partition coefficient (Wildman–Crippen LogP) is 15.0. The summed E-state index contributed by atoms with van der Waals surface area (Å²) < 4.78 is 4.89. The van der Waals surface area contributed by atoms with Crippen LogP contribution < -0.4 is 0 Å². The molecule has 0 spiro atoms. The summed E-state index contributed by atoms with van der Waals surface area (Å²) in [4.78, 5) is 15.0. The molecule has 0 amide bonds. The molecule has 0 aliphatic heterocycles. The zero-order valence-corrected chi connectivity index (χ0v) is 35.4. The Bertz CT molecular complexity index is 3640. The van der Waals surface area contributed by atoms with Gasteiger partial charge in [0.05, 0.1) is 27.8 Å². The van der Waals surface area contributed by atoms with Gasteiger partial charge in [-0.15, -0.1) is 0 Å². The smallest absolute Gasteiger partial charge is 0.164 e. The highest BCUT2D eigenvalue weighted by Crippen LogP contribution is 2.45. The van der Waals surface area contributed by atoms with Crippen LogP contribution in [0.25, 0.3) is 111 Å². The number of benzene rings is 9. The molecule has 3 aromatic heterocycles. The molecule has 12 rings (SSSR count). The second kappa shape index (κ2) is 15.2. The van der Waals surface area contributed by atoms with Crippen molar-refractivity contribution in [3.63, 3.8) is 0 Å².